The monoisotopic (exact) mass is 206 g/mol. The number of aliphatic hydroxyl groups excluding tert-OH is 1. The Hall–Kier alpha value is -1.35. The first-order valence-electron chi connectivity index (χ1n) is 5.24. The number of nitrogens with zero attached hydrogens (tertiary/aromatic N) is 2. The third-order valence-corrected chi connectivity index (χ3v) is 2.12. The molecule has 82 valence electrons. The highest BCUT2D eigenvalue weighted by atomic mass is 16.3. The molecule has 1 aromatic carbocycles. The maximum absolute atomic E-state index is 9.12. The van der Waals surface area contributed by atoms with Crippen LogP contribution in [-0.4, -0.2) is 14.9 Å². The van der Waals surface area contributed by atoms with Gasteiger partial charge in [-0.05, 0) is 18.6 Å². The summed E-state index contributed by atoms with van der Waals surface area (Å²) in [6.07, 6.45) is 1.96. The normalized spacial score (nSPS) is 9.93. The molecular weight excluding hydrogens is 188 g/mol. The third-order valence-electron chi connectivity index (χ3n) is 2.12. The minimum atomic E-state index is 0.0508. The van der Waals surface area contributed by atoms with Crippen molar-refractivity contribution in [3.8, 4) is 0 Å². The highest BCUT2D eigenvalue weighted by Crippen LogP contribution is 2.19. The molecule has 1 N–H and O–H groups in total. The van der Waals surface area contributed by atoms with Gasteiger partial charge in [0.05, 0.1) is 12.1 Å². The molecule has 3 nitrogen and oxygen atoms in total. The van der Waals surface area contributed by atoms with Crippen LogP contribution in [0.3, 0.4) is 0 Å². The number of hydrogen-bond acceptors (Lipinski definition) is 2. The van der Waals surface area contributed by atoms with Crippen molar-refractivity contribution in [2.24, 2.45) is 7.05 Å². The molecular formula is C12H18N2O. The molecule has 1 heterocycles. The van der Waals surface area contributed by atoms with E-state index >= 15 is 0 Å². The van der Waals surface area contributed by atoms with Crippen LogP contribution >= 0.6 is 0 Å². The van der Waals surface area contributed by atoms with E-state index in [9.17, 15) is 0 Å². The van der Waals surface area contributed by atoms with Crippen LogP contribution < -0.4 is 0 Å². The van der Waals surface area contributed by atoms with Crippen LogP contribution in [0.15, 0.2) is 18.3 Å². The summed E-state index contributed by atoms with van der Waals surface area (Å²) in [4.78, 5) is 0. The van der Waals surface area contributed by atoms with Crippen LogP contribution in [0.25, 0.3) is 10.9 Å². The maximum Gasteiger partial charge on any atom is 0.0978 e. The quantitative estimate of drug-likeness (QED) is 0.778. The predicted octanol–water partition coefficient (Wildman–Crippen LogP) is 2.40. The van der Waals surface area contributed by atoms with E-state index in [1.54, 1.807) is 4.68 Å². The Kier molecular flexibility index (Phi) is 3.86. The molecule has 0 fully saturated rings. The Labute approximate surface area is 90.3 Å². The molecule has 0 radical (unpaired) electrons. The van der Waals surface area contributed by atoms with Crippen molar-refractivity contribution in [3.05, 3.63) is 29.5 Å². The number of fused-ring (bicyclic) bond motifs is 1. The van der Waals surface area contributed by atoms with E-state index in [1.807, 2.05) is 40.1 Å². The van der Waals surface area contributed by atoms with Crippen molar-refractivity contribution in [2.45, 2.75) is 27.4 Å². The van der Waals surface area contributed by atoms with Crippen LogP contribution in [0.5, 0.6) is 0 Å². The molecule has 2 rings (SSSR count). The lowest BCUT2D eigenvalue weighted by Gasteiger charge is -1.98. The Morgan fingerprint density at radius 3 is 2.60 bits per heavy atom. The lowest BCUT2D eigenvalue weighted by Crippen LogP contribution is -1.89. The highest BCUT2D eigenvalue weighted by molar-refractivity contribution is 5.82. The second-order valence-electron chi connectivity index (χ2n) is 3.32. The van der Waals surface area contributed by atoms with Crippen LogP contribution in [0.4, 0.5) is 0 Å². The zero-order chi connectivity index (χ0) is 11.4. The summed E-state index contributed by atoms with van der Waals surface area (Å²) in [5.41, 5.74) is 2.95. The van der Waals surface area contributed by atoms with Gasteiger partial charge in [0.1, 0.15) is 0 Å². The van der Waals surface area contributed by atoms with E-state index in [4.69, 9.17) is 5.11 Å². The van der Waals surface area contributed by atoms with Gasteiger partial charge >= 0.3 is 0 Å². The lowest BCUT2D eigenvalue weighted by atomic mass is 10.1. The van der Waals surface area contributed by atoms with Crippen molar-refractivity contribution < 1.29 is 5.11 Å². The third kappa shape index (κ3) is 2.36. The minimum Gasteiger partial charge on any atom is -0.392 e. The smallest absolute Gasteiger partial charge is 0.0978 e. The summed E-state index contributed by atoms with van der Waals surface area (Å²) in [7, 11) is 1.89. The predicted molar refractivity (Wildman–Crippen MR) is 62.7 cm³/mol. The average Bonchev–Trinajstić information content (AvgIpc) is 2.60. The van der Waals surface area contributed by atoms with Gasteiger partial charge in [-0.15, -0.1) is 0 Å². The largest absolute Gasteiger partial charge is 0.392 e. The van der Waals surface area contributed by atoms with Gasteiger partial charge in [0.2, 0.25) is 0 Å². The molecule has 1 aromatic heterocycles. The standard InChI is InChI=1S/C10H12N2O.C2H6/c1-7-3-8-5-12(2)11-10(8)9(4-7)6-13;1-2/h3-5,13H,6H2,1-2H3;1-2H3. The van der Waals surface area contributed by atoms with Gasteiger partial charge in [0.25, 0.3) is 0 Å². The average molecular weight is 206 g/mol. The molecule has 15 heavy (non-hydrogen) atoms. The summed E-state index contributed by atoms with van der Waals surface area (Å²) in [5.74, 6) is 0. The van der Waals surface area contributed by atoms with Gasteiger partial charge in [-0.1, -0.05) is 19.9 Å². The second kappa shape index (κ2) is 4.94. The second-order valence-corrected chi connectivity index (χ2v) is 3.32. The van der Waals surface area contributed by atoms with Crippen molar-refractivity contribution >= 4 is 10.9 Å². The van der Waals surface area contributed by atoms with E-state index in [-0.39, 0.29) is 6.61 Å². The van der Waals surface area contributed by atoms with Gasteiger partial charge in [0, 0.05) is 24.2 Å². The van der Waals surface area contributed by atoms with Gasteiger partial charge in [-0.2, -0.15) is 5.10 Å². The van der Waals surface area contributed by atoms with Crippen LogP contribution in [0, 0.1) is 6.92 Å². The van der Waals surface area contributed by atoms with E-state index < -0.39 is 0 Å². The van der Waals surface area contributed by atoms with E-state index in [1.165, 1.54) is 0 Å². The number of hydrogen-bond donors (Lipinski definition) is 1. The molecule has 0 unspecified atom stereocenters. The minimum absolute atomic E-state index is 0.0508. The molecule has 3 heteroatoms. The lowest BCUT2D eigenvalue weighted by molar-refractivity contribution is 0.283. The molecule has 2 aromatic rings. The summed E-state index contributed by atoms with van der Waals surface area (Å²) in [6, 6.07) is 4.04. The fourth-order valence-electron chi connectivity index (χ4n) is 1.61. The Bertz CT molecular complexity index is 446. The fraction of sp³-hybridized carbons (Fsp3) is 0.417. The summed E-state index contributed by atoms with van der Waals surface area (Å²) >= 11 is 0. The Morgan fingerprint density at radius 1 is 1.33 bits per heavy atom. The topological polar surface area (TPSA) is 38.1 Å². The van der Waals surface area contributed by atoms with E-state index in [2.05, 4.69) is 11.2 Å². The summed E-state index contributed by atoms with van der Waals surface area (Å²) in [5, 5.41) is 14.5. The molecule has 0 aliphatic carbocycles. The number of rotatable bonds is 1. The molecule has 0 saturated heterocycles. The molecule has 0 atom stereocenters. The van der Waals surface area contributed by atoms with Gasteiger partial charge in [-0.25, -0.2) is 0 Å². The fourth-order valence-corrected chi connectivity index (χ4v) is 1.61. The van der Waals surface area contributed by atoms with E-state index in [0.717, 1.165) is 22.0 Å². The summed E-state index contributed by atoms with van der Waals surface area (Å²) in [6.45, 7) is 6.07. The van der Waals surface area contributed by atoms with Crippen molar-refractivity contribution in [2.75, 3.05) is 0 Å². The maximum atomic E-state index is 9.12. The number of aromatic nitrogens is 2. The van der Waals surface area contributed by atoms with Crippen LogP contribution in [0.2, 0.25) is 0 Å². The number of aliphatic hydroxyl groups is 1. The van der Waals surface area contributed by atoms with Gasteiger partial charge in [0.15, 0.2) is 0 Å². The zero-order valence-electron chi connectivity index (χ0n) is 9.78. The molecule has 0 spiro atoms. The summed E-state index contributed by atoms with van der Waals surface area (Å²) < 4.78 is 1.77. The first-order valence-corrected chi connectivity index (χ1v) is 5.24. The molecule has 0 saturated carbocycles. The molecule has 0 bridgehead atoms. The number of benzene rings is 1. The van der Waals surface area contributed by atoms with Crippen LogP contribution in [-0.2, 0) is 13.7 Å². The Balaban J connectivity index is 0.000000531. The molecule has 0 aliphatic heterocycles. The highest BCUT2D eigenvalue weighted by Gasteiger charge is 2.04. The molecule has 0 amide bonds. The molecule has 0 aliphatic rings. The van der Waals surface area contributed by atoms with Crippen LogP contribution in [0.1, 0.15) is 25.0 Å². The zero-order valence-corrected chi connectivity index (χ0v) is 9.78. The van der Waals surface area contributed by atoms with Crippen molar-refractivity contribution in [1.29, 1.82) is 0 Å². The van der Waals surface area contributed by atoms with E-state index in [0.29, 0.717) is 0 Å². The first kappa shape index (κ1) is 11.7. The van der Waals surface area contributed by atoms with Crippen molar-refractivity contribution in [1.82, 2.24) is 9.78 Å². The SMILES string of the molecule is CC.Cc1cc(CO)c2nn(C)cc2c1. The van der Waals surface area contributed by atoms with Gasteiger partial charge in [-0.3, -0.25) is 4.68 Å². The first-order chi connectivity index (χ1) is 7.20. The van der Waals surface area contributed by atoms with Crippen molar-refractivity contribution in [3.63, 3.8) is 0 Å². The number of aryl methyl sites for hydroxylation is 2. The van der Waals surface area contributed by atoms with Gasteiger partial charge < -0.3 is 5.11 Å². The Morgan fingerprint density at radius 2 is 2.00 bits per heavy atom.